The van der Waals surface area contributed by atoms with Crippen molar-refractivity contribution in [2.75, 3.05) is 24.6 Å². The molecule has 0 aliphatic rings. The molecule has 0 unspecified atom stereocenters. The number of methoxy groups -OCH3 is 1. The van der Waals surface area contributed by atoms with Gasteiger partial charge in [0.2, 0.25) is 0 Å². The van der Waals surface area contributed by atoms with E-state index in [0.29, 0.717) is 0 Å². The van der Waals surface area contributed by atoms with Crippen LogP contribution in [0, 0.1) is 5.82 Å². The minimum Gasteiger partial charge on any atom is -0.494 e. The van der Waals surface area contributed by atoms with Crippen LogP contribution in [0.5, 0.6) is 5.75 Å². The largest absolute Gasteiger partial charge is 0.494 e. The smallest absolute Gasteiger partial charge is 0.326 e. The Bertz CT molecular complexity index is 926. The lowest BCUT2D eigenvalue weighted by atomic mass is 10.0. The highest BCUT2D eigenvalue weighted by atomic mass is 32.2. The third-order valence-electron chi connectivity index (χ3n) is 4.14. The summed E-state index contributed by atoms with van der Waals surface area (Å²) in [7, 11) is -2.92. The van der Waals surface area contributed by atoms with Gasteiger partial charge in [0, 0.05) is 0 Å². The van der Waals surface area contributed by atoms with Crippen LogP contribution >= 0.6 is 0 Å². The fourth-order valence-corrected chi connectivity index (χ4v) is 4.02. The summed E-state index contributed by atoms with van der Waals surface area (Å²) in [6.45, 7) is 5.26. The van der Waals surface area contributed by atoms with E-state index in [1.807, 2.05) is 13.8 Å². The van der Waals surface area contributed by atoms with Gasteiger partial charge in [-0.05, 0) is 48.7 Å². The van der Waals surface area contributed by atoms with E-state index < -0.39 is 28.4 Å². The molecule has 8 heteroatoms. The summed E-state index contributed by atoms with van der Waals surface area (Å²) >= 11 is 0. The maximum absolute atomic E-state index is 14.1. The van der Waals surface area contributed by atoms with Crippen molar-refractivity contribution in [2.24, 2.45) is 0 Å². The predicted octanol–water partition coefficient (Wildman–Crippen LogP) is 3.72. The minimum atomic E-state index is -4.21. The number of benzene rings is 2. The van der Waals surface area contributed by atoms with E-state index in [1.54, 1.807) is 31.2 Å². The molecule has 152 valence electrons. The Kier molecular flexibility index (Phi) is 7.01. The number of esters is 1. The highest BCUT2D eigenvalue weighted by Crippen LogP contribution is 2.28. The zero-order valence-corrected chi connectivity index (χ0v) is 17.1. The molecule has 0 radical (unpaired) electrons. The van der Waals surface area contributed by atoms with E-state index >= 15 is 0 Å². The van der Waals surface area contributed by atoms with Crippen LogP contribution in [0.3, 0.4) is 0 Å². The molecule has 0 fully saturated rings. The Morgan fingerprint density at radius 3 is 2.29 bits per heavy atom. The molecular weight excluding hydrogens is 385 g/mol. The molecule has 2 aromatic carbocycles. The second kappa shape index (κ2) is 9.05. The van der Waals surface area contributed by atoms with E-state index in [-0.39, 0.29) is 28.9 Å². The van der Waals surface area contributed by atoms with Crippen LogP contribution in [0.25, 0.3) is 0 Å². The molecule has 0 spiro atoms. The van der Waals surface area contributed by atoms with Crippen molar-refractivity contribution in [2.45, 2.75) is 31.6 Å². The summed E-state index contributed by atoms with van der Waals surface area (Å²) in [5.74, 6) is -1.32. The van der Waals surface area contributed by atoms with Crippen molar-refractivity contribution in [1.82, 2.24) is 0 Å². The van der Waals surface area contributed by atoms with Gasteiger partial charge in [-0.25, -0.2) is 12.8 Å². The van der Waals surface area contributed by atoms with Crippen molar-refractivity contribution in [3.8, 4) is 5.75 Å². The molecule has 0 aromatic heterocycles. The summed E-state index contributed by atoms with van der Waals surface area (Å²) in [4.78, 5) is 11.7. The Balaban J connectivity index is 2.50. The van der Waals surface area contributed by atoms with Crippen molar-refractivity contribution in [3.05, 3.63) is 53.8 Å². The normalized spacial score (nSPS) is 11.4. The van der Waals surface area contributed by atoms with E-state index in [4.69, 9.17) is 9.47 Å². The van der Waals surface area contributed by atoms with Gasteiger partial charge in [0.15, 0.2) is 11.6 Å². The van der Waals surface area contributed by atoms with Gasteiger partial charge in [0.1, 0.15) is 6.54 Å². The number of halogens is 1. The number of sulfonamides is 1. The maximum Gasteiger partial charge on any atom is 0.326 e. The molecule has 0 saturated carbocycles. The van der Waals surface area contributed by atoms with Gasteiger partial charge in [-0.3, -0.25) is 9.10 Å². The average molecular weight is 409 g/mol. The first-order chi connectivity index (χ1) is 13.2. The van der Waals surface area contributed by atoms with Gasteiger partial charge in [0.25, 0.3) is 10.0 Å². The molecule has 0 bridgehead atoms. The summed E-state index contributed by atoms with van der Waals surface area (Å²) in [5.41, 5.74) is 1.31. The lowest BCUT2D eigenvalue weighted by Crippen LogP contribution is -2.36. The Morgan fingerprint density at radius 1 is 1.14 bits per heavy atom. The number of hydrogen-bond donors (Lipinski definition) is 0. The average Bonchev–Trinajstić information content (AvgIpc) is 2.66. The SMILES string of the molecule is CCOC(=O)CN(c1ccc(C(C)C)cc1)S(=O)(=O)c1ccc(OC)c(F)c1. The van der Waals surface area contributed by atoms with E-state index in [0.717, 1.165) is 15.9 Å². The van der Waals surface area contributed by atoms with Crippen LogP contribution in [0.1, 0.15) is 32.3 Å². The van der Waals surface area contributed by atoms with E-state index in [2.05, 4.69) is 0 Å². The molecular formula is C20H24FNO5S. The van der Waals surface area contributed by atoms with Crippen LogP contribution in [0.15, 0.2) is 47.4 Å². The molecule has 0 amide bonds. The van der Waals surface area contributed by atoms with Crippen molar-refractivity contribution in [1.29, 1.82) is 0 Å². The zero-order chi connectivity index (χ0) is 20.9. The van der Waals surface area contributed by atoms with Gasteiger partial charge < -0.3 is 9.47 Å². The quantitative estimate of drug-likeness (QED) is 0.622. The minimum absolute atomic E-state index is 0.0721. The van der Waals surface area contributed by atoms with Crippen LogP contribution in [-0.2, 0) is 19.6 Å². The molecule has 0 saturated heterocycles. The molecule has 0 heterocycles. The molecule has 0 aliphatic carbocycles. The van der Waals surface area contributed by atoms with Gasteiger partial charge in [0.05, 0.1) is 24.3 Å². The molecule has 2 rings (SSSR count). The van der Waals surface area contributed by atoms with Gasteiger partial charge in [-0.2, -0.15) is 0 Å². The topological polar surface area (TPSA) is 72.9 Å². The number of carbonyl (C=O) groups excluding carboxylic acids is 1. The monoisotopic (exact) mass is 409 g/mol. The second-order valence-electron chi connectivity index (χ2n) is 6.36. The van der Waals surface area contributed by atoms with E-state index in [9.17, 15) is 17.6 Å². The molecule has 0 atom stereocenters. The van der Waals surface area contributed by atoms with Crippen molar-refractivity contribution >= 4 is 21.7 Å². The summed E-state index contributed by atoms with van der Waals surface area (Å²) < 4.78 is 51.0. The first kappa shape index (κ1) is 21.7. The first-order valence-electron chi connectivity index (χ1n) is 8.82. The van der Waals surface area contributed by atoms with Crippen molar-refractivity contribution in [3.63, 3.8) is 0 Å². The van der Waals surface area contributed by atoms with Crippen LogP contribution < -0.4 is 9.04 Å². The molecule has 0 aliphatic heterocycles. The Hall–Kier alpha value is -2.61. The maximum atomic E-state index is 14.1. The third-order valence-corrected chi connectivity index (χ3v) is 5.91. The number of hydrogen-bond acceptors (Lipinski definition) is 5. The second-order valence-corrected chi connectivity index (χ2v) is 8.22. The highest BCUT2D eigenvalue weighted by Gasteiger charge is 2.28. The molecule has 2 aromatic rings. The first-order valence-corrected chi connectivity index (χ1v) is 10.3. The number of carbonyl (C=O) groups is 1. The summed E-state index contributed by atoms with van der Waals surface area (Å²) in [6, 6.07) is 10.2. The highest BCUT2D eigenvalue weighted by molar-refractivity contribution is 7.92. The van der Waals surface area contributed by atoms with Gasteiger partial charge >= 0.3 is 5.97 Å². The van der Waals surface area contributed by atoms with Crippen LogP contribution in [0.2, 0.25) is 0 Å². The predicted molar refractivity (Wildman–Crippen MR) is 105 cm³/mol. The summed E-state index contributed by atoms with van der Waals surface area (Å²) in [5, 5.41) is 0. The summed E-state index contributed by atoms with van der Waals surface area (Å²) in [6.07, 6.45) is 0. The number of anilines is 1. The number of ether oxygens (including phenoxy) is 2. The van der Waals surface area contributed by atoms with Gasteiger partial charge in [-0.1, -0.05) is 26.0 Å². The number of nitrogens with zero attached hydrogens (tertiary/aromatic N) is 1. The fraction of sp³-hybridized carbons (Fsp3) is 0.350. The standard InChI is InChI=1S/C20H24FNO5S/c1-5-27-20(23)13-22(16-8-6-15(7-9-16)14(2)3)28(24,25)17-10-11-19(26-4)18(21)12-17/h6-12,14H,5,13H2,1-4H3. The lowest BCUT2D eigenvalue weighted by molar-refractivity contribution is -0.141. The third kappa shape index (κ3) is 4.81. The Morgan fingerprint density at radius 2 is 1.79 bits per heavy atom. The van der Waals surface area contributed by atoms with Crippen LogP contribution in [-0.4, -0.2) is 34.6 Å². The zero-order valence-electron chi connectivity index (χ0n) is 16.3. The molecule has 0 N–H and O–H groups in total. The Labute approximate surface area is 164 Å². The lowest BCUT2D eigenvalue weighted by Gasteiger charge is -2.24. The van der Waals surface area contributed by atoms with E-state index in [1.165, 1.54) is 19.2 Å². The van der Waals surface area contributed by atoms with Gasteiger partial charge in [-0.15, -0.1) is 0 Å². The molecule has 28 heavy (non-hydrogen) atoms. The fourth-order valence-electron chi connectivity index (χ4n) is 2.60. The molecule has 6 nitrogen and oxygen atoms in total. The van der Waals surface area contributed by atoms with Crippen LogP contribution in [0.4, 0.5) is 10.1 Å². The number of rotatable bonds is 8. The van der Waals surface area contributed by atoms with Crippen molar-refractivity contribution < 1.29 is 27.1 Å².